The Morgan fingerprint density at radius 3 is 2.32 bits per heavy atom. The number of Topliss-reactive ketones (excluding diaryl/α,β-unsaturated/α-hetero) is 1. The smallest absolute Gasteiger partial charge is 0.243 e. The number of hydrogen-bond acceptors (Lipinski definition) is 6. The third-order valence-electron chi connectivity index (χ3n) is 6.80. The van der Waals surface area contributed by atoms with Crippen molar-refractivity contribution in [2.75, 3.05) is 52.4 Å². The molecule has 2 heterocycles. The molecule has 1 unspecified atom stereocenters. The van der Waals surface area contributed by atoms with Crippen molar-refractivity contribution in [1.82, 2.24) is 14.1 Å². The van der Waals surface area contributed by atoms with Gasteiger partial charge in [0.05, 0.1) is 18.0 Å². The second-order valence-electron chi connectivity index (χ2n) is 9.17. The van der Waals surface area contributed by atoms with Gasteiger partial charge >= 0.3 is 0 Å². The molecular weight excluding hydrogens is 450 g/mol. The molecule has 0 spiro atoms. The molecule has 184 valence electrons. The number of carbonyl (C=O) groups excluding carboxylic acids is 1. The first-order valence-corrected chi connectivity index (χ1v) is 13.7. The Hall–Kier alpha value is -2.26. The molecule has 2 aromatic rings. The van der Waals surface area contributed by atoms with Gasteiger partial charge in [-0.2, -0.15) is 4.31 Å². The summed E-state index contributed by atoms with van der Waals surface area (Å²) >= 11 is 0. The Morgan fingerprint density at radius 1 is 0.971 bits per heavy atom. The first-order valence-electron chi connectivity index (χ1n) is 12.2. The second-order valence-corrected chi connectivity index (χ2v) is 11.1. The minimum absolute atomic E-state index is 0.0361. The number of carbonyl (C=O) groups is 1. The number of benzene rings is 2. The zero-order valence-electron chi connectivity index (χ0n) is 19.9. The highest BCUT2D eigenvalue weighted by molar-refractivity contribution is 7.89. The quantitative estimate of drug-likeness (QED) is 0.380. The molecule has 2 aliphatic rings. The molecule has 2 saturated heterocycles. The van der Waals surface area contributed by atoms with Crippen LogP contribution < -0.4 is 4.74 Å². The van der Waals surface area contributed by atoms with Gasteiger partial charge in [0, 0.05) is 44.3 Å². The van der Waals surface area contributed by atoms with Gasteiger partial charge in [0.15, 0.2) is 5.78 Å². The number of ketones is 1. The van der Waals surface area contributed by atoms with E-state index in [-0.39, 0.29) is 12.3 Å². The van der Waals surface area contributed by atoms with Gasteiger partial charge in [-0.3, -0.25) is 9.69 Å². The fraction of sp³-hybridized carbons (Fsp3) is 0.500. The summed E-state index contributed by atoms with van der Waals surface area (Å²) in [6.45, 7) is 7.34. The maximum absolute atomic E-state index is 12.8. The van der Waals surface area contributed by atoms with Gasteiger partial charge in [-0.25, -0.2) is 8.42 Å². The van der Waals surface area contributed by atoms with E-state index >= 15 is 0 Å². The van der Waals surface area contributed by atoms with E-state index in [2.05, 4.69) is 11.8 Å². The highest BCUT2D eigenvalue weighted by atomic mass is 32.2. The number of rotatable bonds is 10. The lowest BCUT2D eigenvalue weighted by Gasteiger charge is -2.33. The first-order chi connectivity index (χ1) is 16.4. The molecule has 2 fully saturated rings. The van der Waals surface area contributed by atoms with Crippen molar-refractivity contribution in [3.63, 3.8) is 0 Å². The van der Waals surface area contributed by atoms with Crippen molar-refractivity contribution in [2.45, 2.75) is 37.1 Å². The second kappa shape index (κ2) is 11.4. The normalized spacial score (nSPS) is 20.4. The Bertz CT molecular complexity index is 1040. The number of nitrogens with zero attached hydrogens (tertiary/aromatic N) is 3. The summed E-state index contributed by atoms with van der Waals surface area (Å²) in [5.41, 5.74) is 0.651. The summed E-state index contributed by atoms with van der Waals surface area (Å²) < 4.78 is 32.9. The highest BCUT2D eigenvalue weighted by Crippen LogP contribution is 2.19. The van der Waals surface area contributed by atoms with E-state index in [1.165, 1.54) is 23.7 Å². The fourth-order valence-corrected chi connectivity index (χ4v) is 6.13. The molecule has 34 heavy (non-hydrogen) atoms. The van der Waals surface area contributed by atoms with E-state index in [0.29, 0.717) is 49.3 Å². The SMILES string of the molecule is CC1CCCN1CCCOc1ccc(C(=O)CN2CCN(S(=O)(=O)c3ccccc3)CC2)cc1. The van der Waals surface area contributed by atoms with Gasteiger partial charge in [-0.05, 0) is 69.1 Å². The van der Waals surface area contributed by atoms with Crippen LogP contribution in [0.1, 0.15) is 36.5 Å². The molecule has 2 aromatic carbocycles. The van der Waals surface area contributed by atoms with Crippen LogP contribution in [0.15, 0.2) is 59.5 Å². The summed E-state index contributed by atoms with van der Waals surface area (Å²) in [7, 11) is -3.48. The van der Waals surface area contributed by atoms with Crippen molar-refractivity contribution in [2.24, 2.45) is 0 Å². The minimum Gasteiger partial charge on any atom is -0.494 e. The van der Waals surface area contributed by atoms with Gasteiger partial charge in [0.2, 0.25) is 10.0 Å². The van der Waals surface area contributed by atoms with Crippen molar-refractivity contribution >= 4 is 15.8 Å². The largest absolute Gasteiger partial charge is 0.494 e. The summed E-state index contributed by atoms with van der Waals surface area (Å²) in [4.78, 5) is 17.6. The van der Waals surface area contributed by atoms with Gasteiger partial charge in [-0.1, -0.05) is 18.2 Å². The molecular formula is C26H35N3O4S. The molecule has 4 rings (SSSR count). The first kappa shape index (κ1) is 24.9. The average Bonchev–Trinajstić information content (AvgIpc) is 3.27. The molecule has 0 N–H and O–H groups in total. The molecule has 0 bridgehead atoms. The summed E-state index contributed by atoms with van der Waals surface area (Å²) in [6, 6.07) is 16.5. The van der Waals surface area contributed by atoms with E-state index in [1.54, 1.807) is 30.3 Å². The van der Waals surface area contributed by atoms with Gasteiger partial charge in [-0.15, -0.1) is 0 Å². The van der Waals surface area contributed by atoms with Crippen molar-refractivity contribution in [3.05, 3.63) is 60.2 Å². The highest BCUT2D eigenvalue weighted by Gasteiger charge is 2.29. The zero-order valence-corrected chi connectivity index (χ0v) is 20.8. The Labute approximate surface area is 203 Å². The lowest BCUT2D eigenvalue weighted by molar-refractivity contribution is 0.0901. The summed E-state index contributed by atoms with van der Waals surface area (Å²) in [5.74, 6) is 0.819. The topological polar surface area (TPSA) is 70.2 Å². The minimum atomic E-state index is -3.48. The fourth-order valence-electron chi connectivity index (χ4n) is 4.68. The average molecular weight is 486 g/mol. The van der Waals surface area contributed by atoms with Gasteiger partial charge in [0.25, 0.3) is 0 Å². The zero-order chi connectivity index (χ0) is 24.0. The molecule has 0 aliphatic carbocycles. The number of ether oxygens (including phenoxy) is 1. The van der Waals surface area contributed by atoms with Gasteiger partial charge in [0.1, 0.15) is 5.75 Å². The van der Waals surface area contributed by atoms with Crippen LogP contribution in [0.5, 0.6) is 5.75 Å². The van der Waals surface area contributed by atoms with Crippen LogP contribution in [-0.4, -0.2) is 86.8 Å². The van der Waals surface area contributed by atoms with Crippen LogP contribution in [0.4, 0.5) is 0 Å². The van der Waals surface area contributed by atoms with Crippen LogP contribution in [-0.2, 0) is 10.0 Å². The van der Waals surface area contributed by atoms with Crippen LogP contribution in [0, 0.1) is 0 Å². The Kier molecular flexibility index (Phi) is 8.37. The van der Waals surface area contributed by atoms with Crippen molar-refractivity contribution < 1.29 is 17.9 Å². The Balaban J connectivity index is 1.20. The van der Waals surface area contributed by atoms with Crippen molar-refractivity contribution in [1.29, 1.82) is 0 Å². The van der Waals surface area contributed by atoms with Crippen LogP contribution in [0.2, 0.25) is 0 Å². The predicted molar refractivity (Wildman–Crippen MR) is 133 cm³/mol. The molecule has 0 saturated carbocycles. The van der Waals surface area contributed by atoms with E-state index < -0.39 is 10.0 Å². The number of piperazine rings is 1. The van der Waals surface area contributed by atoms with Crippen molar-refractivity contribution in [3.8, 4) is 5.75 Å². The maximum atomic E-state index is 12.8. The third kappa shape index (κ3) is 6.24. The molecule has 0 amide bonds. The summed E-state index contributed by atoms with van der Waals surface area (Å²) in [5, 5.41) is 0. The van der Waals surface area contributed by atoms with E-state index in [4.69, 9.17) is 4.74 Å². The molecule has 2 aliphatic heterocycles. The third-order valence-corrected chi connectivity index (χ3v) is 8.72. The van der Waals surface area contributed by atoms with E-state index in [9.17, 15) is 13.2 Å². The lowest BCUT2D eigenvalue weighted by atomic mass is 10.1. The number of sulfonamides is 1. The summed E-state index contributed by atoms with van der Waals surface area (Å²) in [6.07, 6.45) is 3.58. The molecule has 8 heteroatoms. The maximum Gasteiger partial charge on any atom is 0.243 e. The monoisotopic (exact) mass is 485 g/mol. The molecule has 1 atom stereocenters. The predicted octanol–water partition coefficient (Wildman–Crippen LogP) is 3.13. The van der Waals surface area contributed by atoms with E-state index in [1.807, 2.05) is 29.2 Å². The standard InChI is InChI=1S/C26H35N3O4S/c1-22-7-5-14-28(22)15-6-20-33-24-12-10-23(11-13-24)26(30)21-27-16-18-29(19-17-27)34(31,32)25-8-3-2-4-9-25/h2-4,8-13,22H,5-7,14-21H2,1H3. The van der Waals surface area contributed by atoms with Crippen LogP contribution >= 0.6 is 0 Å². The molecule has 0 aromatic heterocycles. The van der Waals surface area contributed by atoms with E-state index in [0.717, 1.165) is 18.7 Å². The Morgan fingerprint density at radius 2 is 1.68 bits per heavy atom. The van der Waals surface area contributed by atoms with Crippen LogP contribution in [0.3, 0.4) is 0 Å². The number of likely N-dealkylation sites (tertiary alicyclic amines) is 1. The number of hydrogen-bond donors (Lipinski definition) is 0. The van der Waals surface area contributed by atoms with Gasteiger partial charge < -0.3 is 9.64 Å². The molecule has 7 nitrogen and oxygen atoms in total. The van der Waals surface area contributed by atoms with Crippen LogP contribution in [0.25, 0.3) is 0 Å². The lowest BCUT2D eigenvalue weighted by Crippen LogP contribution is -2.49. The molecule has 0 radical (unpaired) electrons.